The average Bonchev–Trinajstić information content (AvgIpc) is 2.54. The molecule has 1 aliphatic heterocycles. The van der Waals surface area contributed by atoms with Gasteiger partial charge < -0.3 is 20.9 Å². The smallest absolute Gasteiger partial charge is 0.320 e. The molecule has 1 heterocycles. The Bertz CT molecular complexity index is 537. The standard InChI is InChI=1S/C17H26N4O2/c1-17(2,15(22)21-11-9-13(18-3)10-12-21)20-16(23)19-14-7-5-4-6-8-14/h4-8,13,18H,9-12H2,1-3H3,(H2,19,20,23). The molecule has 1 aromatic carbocycles. The maximum atomic E-state index is 12.7. The first-order chi connectivity index (χ1) is 10.9. The summed E-state index contributed by atoms with van der Waals surface area (Å²) in [6, 6.07) is 9.27. The molecule has 6 heteroatoms. The predicted octanol–water partition coefficient (Wildman–Crippen LogP) is 1.80. The minimum Gasteiger partial charge on any atom is -0.341 e. The number of para-hydroxylation sites is 1. The lowest BCUT2D eigenvalue weighted by Gasteiger charge is -2.37. The minimum absolute atomic E-state index is 0.0461. The van der Waals surface area contributed by atoms with Crippen LogP contribution in [0.5, 0.6) is 0 Å². The van der Waals surface area contributed by atoms with E-state index in [0.717, 1.165) is 25.9 Å². The van der Waals surface area contributed by atoms with Crippen molar-refractivity contribution in [2.75, 3.05) is 25.5 Å². The van der Waals surface area contributed by atoms with Crippen LogP contribution in [0.25, 0.3) is 0 Å². The maximum absolute atomic E-state index is 12.7. The van der Waals surface area contributed by atoms with Crippen molar-refractivity contribution in [2.24, 2.45) is 0 Å². The Labute approximate surface area is 137 Å². The Morgan fingerprint density at radius 2 is 1.74 bits per heavy atom. The van der Waals surface area contributed by atoms with Gasteiger partial charge in [0.15, 0.2) is 0 Å². The third kappa shape index (κ3) is 4.69. The molecule has 0 aliphatic carbocycles. The molecule has 1 aromatic rings. The molecule has 1 fully saturated rings. The van der Waals surface area contributed by atoms with Crippen LogP contribution in [0.4, 0.5) is 10.5 Å². The largest absolute Gasteiger partial charge is 0.341 e. The molecule has 2 rings (SSSR count). The lowest BCUT2D eigenvalue weighted by Crippen LogP contribution is -2.58. The zero-order valence-corrected chi connectivity index (χ0v) is 14.1. The molecule has 126 valence electrons. The van der Waals surface area contributed by atoms with Gasteiger partial charge in [0.05, 0.1) is 0 Å². The van der Waals surface area contributed by atoms with Crippen molar-refractivity contribution >= 4 is 17.6 Å². The Balaban J connectivity index is 1.90. The van der Waals surface area contributed by atoms with Gasteiger partial charge in [-0.1, -0.05) is 18.2 Å². The molecular formula is C17H26N4O2. The second kappa shape index (κ2) is 7.46. The minimum atomic E-state index is -0.939. The van der Waals surface area contributed by atoms with Crippen molar-refractivity contribution in [2.45, 2.75) is 38.3 Å². The molecule has 0 saturated carbocycles. The van der Waals surface area contributed by atoms with Crippen molar-refractivity contribution in [1.82, 2.24) is 15.5 Å². The van der Waals surface area contributed by atoms with Crippen LogP contribution in [0.1, 0.15) is 26.7 Å². The average molecular weight is 318 g/mol. The van der Waals surface area contributed by atoms with Gasteiger partial charge in [-0.15, -0.1) is 0 Å². The van der Waals surface area contributed by atoms with Gasteiger partial charge in [-0.25, -0.2) is 4.79 Å². The number of piperidine rings is 1. The highest BCUT2D eigenvalue weighted by molar-refractivity contribution is 5.95. The molecule has 23 heavy (non-hydrogen) atoms. The van der Waals surface area contributed by atoms with E-state index >= 15 is 0 Å². The van der Waals surface area contributed by atoms with Gasteiger partial charge in [-0.3, -0.25) is 4.79 Å². The van der Waals surface area contributed by atoms with Gasteiger partial charge in [-0.2, -0.15) is 0 Å². The number of amides is 3. The van der Waals surface area contributed by atoms with E-state index in [0.29, 0.717) is 11.7 Å². The van der Waals surface area contributed by atoms with Crippen molar-refractivity contribution in [3.63, 3.8) is 0 Å². The molecule has 3 amide bonds. The highest BCUT2D eigenvalue weighted by Crippen LogP contribution is 2.16. The third-order valence-corrected chi connectivity index (χ3v) is 4.18. The lowest BCUT2D eigenvalue weighted by molar-refractivity contribution is -0.137. The van der Waals surface area contributed by atoms with Crippen LogP contribution in [-0.4, -0.2) is 48.6 Å². The topological polar surface area (TPSA) is 73.5 Å². The first-order valence-corrected chi connectivity index (χ1v) is 8.03. The Morgan fingerprint density at radius 1 is 1.13 bits per heavy atom. The van der Waals surface area contributed by atoms with E-state index in [-0.39, 0.29) is 11.9 Å². The molecule has 3 N–H and O–H groups in total. The Hall–Kier alpha value is -2.08. The van der Waals surface area contributed by atoms with Crippen LogP contribution in [0.3, 0.4) is 0 Å². The number of nitrogens with one attached hydrogen (secondary N) is 3. The second-order valence-electron chi connectivity index (χ2n) is 6.43. The molecule has 1 aliphatic rings. The zero-order chi connectivity index (χ0) is 16.9. The molecule has 0 spiro atoms. The Morgan fingerprint density at radius 3 is 2.30 bits per heavy atom. The molecule has 0 unspecified atom stereocenters. The van der Waals surface area contributed by atoms with E-state index < -0.39 is 5.54 Å². The number of likely N-dealkylation sites (tertiary alicyclic amines) is 1. The van der Waals surface area contributed by atoms with Crippen molar-refractivity contribution in [3.05, 3.63) is 30.3 Å². The zero-order valence-electron chi connectivity index (χ0n) is 14.1. The third-order valence-electron chi connectivity index (χ3n) is 4.18. The number of anilines is 1. The summed E-state index contributed by atoms with van der Waals surface area (Å²) in [5, 5.41) is 8.76. The highest BCUT2D eigenvalue weighted by atomic mass is 16.2. The highest BCUT2D eigenvalue weighted by Gasteiger charge is 2.35. The van der Waals surface area contributed by atoms with Crippen LogP contribution in [0, 0.1) is 0 Å². The molecule has 0 radical (unpaired) electrons. The summed E-state index contributed by atoms with van der Waals surface area (Å²) in [7, 11) is 1.95. The van der Waals surface area contributed by atoms with Crippen LogP contribution in [-0.2, 0) is 4.79 Å². The predicted molar refractivity (Wildman–Crippen MR) is 91.3 cm³/mol. The van der Waals surface area contributed by atoms with Gasteiger partial charge in [-0.05, 0) is 45.9 Å². The first-order valence-electron chi connectivity index (χ1n) is 8.03. The van der Waals surface area contributed by atoms with Gasteiger partial charge in [0, 0.05) is 24.8 Å². The van der Waals surface area contributed by atoms with Crippen LogP contribution in [0.15, 0.2) is 30.3 Å². The van der Waals surface area contributed by atoms with E-state index in [2.05, 4.69) is 16.0 Å². The van der Waals surface area contributed by atoms with Crippen molar-refractivity contribution < 1.29 is 9.59 Å². The summed E-state index contributed by atoms with van der Waals surface area (Å²) in [4.78, 5) is 26.6. The fraction of sp³-hybridized carbons (Fsp3) is 0.529. The SMILES string of the molecule is CNC1CCN(C(=O)C(C)(C)NC(=O)Nc2ccccc2)CC1. The van der Waals surface area contributed by atoms with Gasteiger partial charge in [0.25, 0.3) is 0 Å². The van der Waals surface area contributed by atoms with Crippen molar-refractivity contribution in [1.29, 1.82) is 0 Å². The quantitative estimate of drug-likeness (QED) is 0.792. The lowest BCUT2D eigenvalue weighted by atomic mass is 9.99. The summed E-state index contributed by atoms with van der Waals surface area (Å²) in [5.74, 6) is -0.0461. The van der Waals surface area contributed by atoms with Crippen molar-refractivity contribution in [3.8, 4) is 0 Å². The van der Waals surface area contributed by atoms with Crippen LogP contribution >= 0.6 is 0 Å². The monoisotopic (exact) mass is 318 g/mol. The molecule has 0 bridgehead atoms. The maximum Gasteiger partial charge on any atom is 0.320 e. The molecule has 6 nitrogen and oxygen atoms in total. The number of urea groups is 1. The molecule has 0 aromatic heterocycles. The molecule has 1 saturated heterocycles. The van der Waals surface area contributed by atoms with E-state index in [1.807, 2.05) is 30.1 Å². The summed E-state index contributed by atoms with van der Waals surface area (Å²) >= 11 is 0. The number of carbonyl (C=O) groups is 2. The van der Waals surface area contributed by atoms with Crippen LogP contribution in [0.2, 0.25) is 0 Å². The van der Waals surface area contributed by atoms with E-state index in [4.69, 9.17) is 0 Å². The number of nitrogens with zero attached hydrogens (tertiary/aromatic N) is 1. The summed E-state index contributed by atoms with van der Waals surface area (Å²) < 4.78 is 0. The van der Waals surface area contributed by atoms with E-state index in [1.165, 1.54) is 0 Å². The number of hydrogen-bond donors (Lipinski definition) is 3. The molecule has 0 atom stereocenters. The summed E-state index contributed by atoms with van der Waals surface area (Å²) in [6.45, 7) is 4.92. The van der Waals surface area contributed by atoms with E-state index in [1.54, 1.807) is 26.0 Å². The number of rotatable bonds is 4. The second-order valence-corrected chi connectivity index (χ2v) is 6.43. The summed E-state index contributed by atoms with van der Waals surface area (Å²) in [6.07, 6.45) is 1.88. The van der Waals surface area contributed by atoms with Crippen LogP contribution < -0.4 is 16.0 Å². The van der Waals surface area contributed by atoms with Gasteiger partial charge in [0.1, 0.15) is 5.54 Å². The van der Waals surface area contributed by atoms with E-state index in [9.17, 15) is 9.59 Å². The fourth-order valence-electron chi connectivity index (χ4n) is 2.79. The Kier molecular flexibility index (Phi) is 5.60. The number of carbonyl (C=O) groups excluding carboxylic acids is 2. The summed E-state index contributed by atoms with van der Waals surface area (Å²) in [5.41, 5.74) is -0.242. The molecular weight excluding hydrogens is 292 g/mol. The van der Waals surface area contributed by atoms with Gasteiger partial charge >= 0.3 is 6.03 Å². The number of benzene rings is 1. The fourth-order valence-corrected chi connectivity index (χ4v) is 2.79. The van der Waals surface area contributed by atoms with Gasteiger partial charge in [0.2, 0.25) is 5.91 Å². The first kappa shape index (κ1) is 17.3. The number of hydrogen-bond acceptors (Lipinski definition) is 3. The normalized spacial score (nSPS) is 16.0.